The molecule has 0 aliphatic carbocycles. The molecule has 0 unspecified atom stereocenters. The Bertz CT molecular complexity index is 185. The van der Waals surface area contributed by atoms with Crippen molar-refractivity contribution in [1.29, 1.82) is 0 Å². The molecule has 0 rings (SSSR count). The lowest BCUT2D eigenvalue weighted by molar-refractivity contribution is 1.30. The quantitative estimate of drug-likeness (QED) is 0.448. The molecule has 0 heterocycles. The monoisotopic (exact) mass is 133 g/mol. The van der Waals surface area contributed by atoms with Gasteiger partial charge in [0.2, 0.25) is 0 Å². The molecule has 0 bridgehead atoms. The molecule has 0 aliphatic heterocycles. The molecule has 0 amide bonds. The van der Waals surface area contributed by atoms with Crippen molar-refractivity contribution in [2.75, 3.05) is 0 Å². The summed E-state index contributed by atoms with van der Waals surface area (Å²) in [5.41, 5.74) is 7.80. The molecule has 0 aliphatic rings. The predicted molar refractivity (Wildman–Crippen MR) is 46.6 cm³/mol. The average molecular weight is 133 g/mol. The van der Waals surface area contributed by atoms with Gasteiger partial charge in [0.25, 0.3) is 0 Å². The van der Waals surface area contributed by atoms with Gasteiger partial charge in [-0.15, -0.1) is 5.47 Å². The number of rotatable bonds is 2. The third kappa shape index (κ3) is 4.01. The molecular weight excluding hydrogens is 121 g/mol. The standard InChI is InChI=1S/C8H12BN/c1-6(2)8(10)5-4-7(3)9/h4-5H,1,10H2,2-3H3/b7-4+,8-5+. The fraction of sp³-hybridized carbons (Fsp3) is 0.250. The third-order valence-corrected chi connectivity index (χ3v) is 1.02. The molecule has 0 atom stereocenters. The maximum Gasteiger partial charge on any atom is 0.107 e. The summed E-state index contributed by atoms with van der Waals surface area (Å²) in [4.78, 5) is 0. The predicted octanol–water partition coefficient (Wildman–Crippen LogP) is 1.48. The molecule has 10 heavy (non-hydrogen) atoms. The van der Waals surface area contributed by atoms with Crippen molar-refractivity contribution in [2.45, 2.75) is 13.8 Å². The molecule has 52 valence electrons. The zero-order valence-electron chi connectivity index (χ0n) is 6.52. The Morgan fingerprint density at radius 2 is 1.90 bits per heavy atom. The van der Waals surface area contributed by atoms with Gasteiger partial charge in [-0.1, -0.05) is 19.6 Å². The second-order valence-corrected chi connectivity index (χ2v) is 2.31. The Balaban J connectivity index is 4.19. The highest BCUT2D eigenvalue weighted by molar-refractivity contribution is 6.21. The molecule has 0 aromatic rings. The molecular formula is C8H12BN. The molecule has 0 aromatic heterocycles. The molecule has 2 radical (unpaired) electrons. The van der Waals surface area contributed by atoms with E-state index in [0.717, 1.165) is 11.0 Å². The summed E-state index contributed by atoms with van der Waals surface area (Å²) < 4.78 is 0. The Hall–Kier alpha value is -0.915. The maximum atomic E-state index is 5.53. The van der Waals surface area contributed by atoms with E-state index < -0.39 is 0 Å². The second-order valence-electron chi connectivity index (χ2n) is 2.31. The van der Waals surface area contributed by atoms with E-state index in [1.165, 1.54) is 0 Å². The maximum absolute atomic E-state index is 5.53. The van der Waals surface area contributed by atoms with Crippen molar-refractivity contribution < 1.29 is 0 Å². The topological polar surface area (TPSA) is 26.0 Å². The van der Waals surface area contributed by atoms with Gasteiger partial charge in [0.05, 0.1) is 0 Å². The fourth-order valence-corrected chi connectivity index (χ4v) is 0.363. The van der Waals surface area contributed by atoms with Gasteiger partial charge in [0.1, 0.15) is 7.85 Å². The van der Waals surface area contributed by atoms with Crippen molar-refractivity contribution in [3.05, 3.63) is 35.5 Å². The van der Waals surface area contributed by atoms with E-state index in [-0.39, 0.29) is 0 Å². The molecule has 0 saturated carbocycles. The van der Waals surface area contributed by atoms with Crippen LogP contribution in [-0.4, -0.2) is 7.85 Å². The molecule has 0 spiro atoms. The normalized spacial score (nSPS) is 13.4. The molecule has 1 nitrogen and oxygen atoms in total. The van der Waals surface area contributed by atoms with Crippen LogP contribution in [0.25, 0.3) is 0 Å². The van der Waals surface area contributed by atoms with Crippen LogP contribution in [0.1, 0.15) is 13.8 Å². The van der Waals surface area contributed by atoms with Gasteiger partial charge in [0, 0.05) is 5.70 Å². The van der Waals surface area contributed by atoms with Gasteiger partial charge < -0.3 is 5.73 Å². The van der Waals surface area contributed by atoms with E-state index in [4.69, 9.17) is 13.6 Å². The molecule has 0 aromatic carbocycles. The van der Waals surface area contributed by atoms with Gasteiger partial charge in [0.15, 0.2) is 0 Å². The van der Waals surface area contributed by atoms with Crippen molar-refractivity contribution in [1.82, 2.24) is 0 Å². The van der Waals surface area contributed by atoms with E-state index in [1.807, 2.05) is 13.8 Å². The first kappa shape index (κ1) is 9.08. The number of allylic oxidation sites excluding steroid dienone is 4. The first-order chi connectivity index (χ1) is 4.54. The summed E-state index contributed by atoms with van der Waals surface area (Å²) in [6.45, 7) is 7.33. The highest BCUT2D eigenvalue weighted by Gasteiger charge is 1.85. The minimum Gasteiger partial charge on any atom is -0.399 e. The lowest BCUT2D eigenvalue weighted by atomic mass is 9.97. The van der Waals surface area contributed by atoms with E-state index in [9.17, 15) is 0 Å². The Labute approximate surface area is 63.7 Å². The Morgan fingerprint density at radius 1 is 1.40 bits per heavy atom. The van der Waals surface area contributed by atoms with E-state index in [0.29, 0.717) is 5.70 Å². The smallest absolute Gasteiger partial charge is 0.107 e. The number of hydrogen-bond donors (Lipinski definition) is 1. The molecule has 0 saturated heterocycles. The van der Waals surface area contributed by atoms with E-state index in [2.05, 4.69) is 6.58 Å². The van der Waals surface area contributed by atoms with Crippen LogP contribution < -0.4 is 5.73 Å². The van der Waals surface area contributed by atoms with Gasteiger partial charge >= 0.3 is 0 Å². The van der Waals surface area contributed by atoms with Crippen molar-refractivity contribution in [3.8, 4) is 0 Å². The summed E-state index contributed by atoms with van der Waals surface area (Å²) in [7, 11) is 5.37. The third-order valence-electron chi connectivity index (χ3n) is 1.02. The number of nitrogens with two attached hydrogens (primary N) is 1. The summed E-state index contributed by atoms with van der Waals surface area (Å²) in [5.74, 6) is 0. The minimum atomic E-state index is 0.671. The lowest BCUT2D eigenvalue weighted by Crippen LogP contribution is -1.96. The summed E-state index contributed by atoms with van der Waals surface area (Å²) in [6.07, 6.45) is 3.50. The number of hydrogen-bond acceptors (Lipinski definition) is 1. The Morgan fingerprint density at radius 3 is 2.20 bits per heavy atom. The van der Waals surface area contributed by atoms with Crippen molar-refractivity contribution in [3.63, 3.8) is 0 Å². The SMILES string of the molecule is [B]/C(C)=C/C=C(/N)C(=C)C. The van der Waals surface area contributed by atoms with Crippen molar-refractivity contribution in [2.24, 2.45) is 5.73 Å². The molecule has 2 heteroatoms. The summed E-state index contributed by atoms with van der Waals surface area (Å²) in [5, 5.41) is 0. The van der Waals surface area contributed by atoms with Crippen LogP contribution in [0.2, 0.25) is 0 Å². The molecule has 0 fully saturated rings. The van der Waals surface area contributed by atoms with Crippen molar-refractivity contribution >= 4 is 7.85 Å². The van der Waals surface area contributed by atoms with Crippen LogP contribution in [0.3, 0.4) is 0 Å². The second kappa shape index (κ2) is 3.99. The van der Waals surface area contributed by atoms with Gasteiger partial charge in [-0.25, -0.2) is 0 Å². The lowest BCUT2D eigenvalue weighted by Gasteiger charge is -1.95. The summed E-state index contributed by atoms with van der Waals surface area (Å²) in [6, 6.07) is 0. The summed E-state index contributed by atoms with van der Waals surface area (Å²) >= 11 is 0. The fourth-order valence-electron chi connectivity index (χ4n) is 0.363. The zero-order valence-corrected chi connectivity index (χ0v) is 6.52. The first-order valence-corrected chi connectivity index (χ1v) is 3.09. The van der Waals surface area contributed by atoms with Crippen LogP contribution in [0, 0.1) is 0 Å². The van der Waals surface area contributed by atoms with Crippen LogP contribution >= 0.6 is 0 Å². The highest BCUT2D eigenvalue weighted by atomic mass is 14.6. The first-order valence-electron chi connectivity index (χ1n) is 3.09. The highest BCUT2D eigenvalue weighted by Crippen LogP contribution is 1.98. The minimum absolute atomic E-state index is 0.671. The van der Waals surface area contributed by atoms with Crippen LogP contribution in [-0.2, 0) is 0 Å². The largest absolute Gasteiger partial charge is 0.399 e. The van der Waals surface area contributed by atoms with Crippen LogP contribution in [0.5, 0.6) is 0 Å². The zero-order chi connectivity index (χ0) is 8.15. The average Bonchev–Trinajstić information content (AvgIpc) is 1.82. The van der Waals surface area contributed by atoms with E-state index in [1.54, 1.807) is 12.2 Å². The van der Waals surface area contributed by atoms with Gasteiger partial charge in [-0.3, -0.25) is 0 Å². The Kier molecular flexibility index (Phi) is 3.63. The van der Waals surface area contributed by atoms with Gasteiger partial charge in [-0.05, 0) is 18.6 Å². The van der Waals surface area contributed by atoms with E-state index >= 15 is 0 Å². The van der Waals surface area contributed by atoms with Gasteiger partial charge in [-0.2, -0.15) is 0 Å². The van der Waals surface area contributed by atoms with Crippen LogP contribution in [0.4, 0.5) is 0 Å². The van der Waals surface area contributed by atoms with Crippen LogP contribution in [0.15, 0.2) is 35.5 Å². The molecule has 2 N–H and O–H groups in total.